The summed E-state index contributed by atoms with van der Waals surface area (Å²) in [4.78, 5) is 8.14. The van der Waals surface area contributed by atoms with Crippen LogP contribution in [0.2, 0.25) is 9.95 Å². The van der Waals surface area contributed by atoms with Crippen LogP contribution in [0.5, 0.6) is 0 Å². The van der Waals surface area contributed by atoms with E-state index in [9.17, 15) is 0 Å². The summed E-state index contributed by atoms with van der Waals surface area (Å²) in [5.41, 5.74) is 0. The van der Waals surface area contributed by atoms with Gasteiger partial charge in [0.2, 0.25) is 0 Å². The fraction of sp³-hybridized carbons (Fsp3) is 1.00. The Morgan fingerprint density at radius 2 is 1.76 bits per heavy atom. The predicted molar refractivity (Wildman–Crippen MR) is 77.9 cm³/mol. The molecule has 0 atom stereocenters. The Balaban J connectivity index is 2.24. The van der Waals surface area contributed by atoms with Crippen molar-refractivity contribution in [2.45, 2.75) is 30.2 Å². The van der Waals surface area contributed by atoms with Crippen LogP contribution in [0.4, 0.5) is 0 Å². The molecule has 0 aromatic rings. The second-order valence-electron chi connectivity index (χ2n) is 5.40. The number of likely N-dealkylation sites (N-methyl/N-ethyl adjacent to an activating group) is 2. The topological polar surface area (TPSA) is 9.72 Å². The van der Waals surface area contributed by atoms with Gasteiger partial charge >= 0.3 is 113 Å². The van der Waals surface area contributed by atoms with Gasteiger partial charge in [-0.1, -0.05) is 0 Å². The SMILES string of the molecule is CCN(CC)CC[CH2][Ga]1[CH2]CN(C)CC[N]1C. The molecule has 3 nitrogen and oxygen atoms in total. The molecule has 1 fully saturated rings. The third kappa shape index (κ3) is 5.79. The van der Waals surface area contributed by atoms with Crippen LogP contribution < -0.4 is 0 Å². The van der Waals surface area contributed by atoms with Gasteiger partial charge in [0.05, 0.1) is 0 Å². The van der Waals surface area contributed by atoms with Gasteiger partial charge in [0, 0.05) is 0 Å². The second kappa shape index (κ2) is 8.59. The Hall–Kier alpha value is 0.516. The normalized spacial score (nSPS) is 19.9. The standard InChI is InChI=1S/C7H16N.C6H14N2.Ga/c1-4-7-8(5-2)6-3;1-4-8(3)6-5-7-2;/h1,4-7H2,2-3H3;1,4-6H2,2-3H3;/q;-1;+1. The zero-order chi connectivity index (χ0) is 12.7. The van der Waals surface area contributed by atoms with Gasteiger partial charge in [-0.2, -0.15) is 0 Å². The average Bonchev–Trinajstić information content (AvgIpc) is 2.49. The minimum atomic E-state index is -1.12. The molecule has 1 heterocycles. The molecule has 1 saturated heterocycles. The summed E-state index contributed by atoms with van der Waals surface area (Å²) in [7, 11) is 4.65. The molecule has 0 unspecified atom stereocenters. The van der Waals surface area contributed by atoms with Gasteiger partial charge in [0.25, 0.3) is 0 Å². The van der Waals surface area contributed by atoms with Crippen molar-refractivity contribution in [3.8, 4) is 0 Å². The first kappa shape index (κ1) is 15.6. The van der Waals surface area contributed by atoms with Crippen molar-refractivity contribution in [3.05, 3.63) is 0 Å². The Kier molecular flexibility index (Phi) is 7.87. The molecule has 0 aromatic heterocycles. The molecule has 0 radical (unpaired) electrons. The van der Waals surface area contributed by atoms with Crippen LogP contribution in [0.3, 0.4) is 0 Å². The summed E-state index contributed by atoms with van der Waals surface area (Å²) in [6, 6.07) is 0. The summed E-state index contributed by atoms with van der Waals surface area (Å²) in [6.45, 7) is 12.2. The molecule has 0 saturated carbocycles. The minimum absolute atomic E-state index is 1.12. The fourth-order valence-electron chi connectivity index (χ4n) is 2.67. The Labute approximate surface area is 113 Å². The Bertz CT molecular complexity index is 197. The van der Waals surface area contributed by atoms with E-state index >= 15 is 0 Å². The molecule has 0 spiro atoms. The fourth-order valence-corrected chi connectivity index (χ4v) is 9.05. The van der Waals surface area contributed by atoms with Crippen LogP contribution in [0.25, 0.3) is 0 Å². The number of nitrogens with zero attached hydrogens (tertiary/aromatic N) is 3. The maximum atomic E-state index is 2.75. The molecule has 0 bridgehead atoms. The van der Waals surface area contributed by atoms with E-state index in [1.54, 1.807) is 4.98 Å². The van der Waals surface area contributed by atoms with E-state index in [2.05, 4.69) is 41.3 Å². The van der Waals surface area contributed by atoms with Crippen molar-refractivity contribution < 1.29 is 0 Å². The molecular weight excluding hydrogens is 268 g/mol. The van der Waals surface area contributed by atoms with E-state index in [0.29, 0.717) is 0 Å². The van der Waals surface area contributed by atoms with Gasteiger partial charge in [-0.05, 0) is 0 Å². The second-order valence-corrected chi connectivity index (χ2v) is 12.4. The molecule has 17 heavy (non-hydrogen) atoms. The van der Waals surface area contributed by atoms with Crippen molar-refractivity contribution in [1.29, 1.82) is 0 Å². The molecule has 1 rings (SSSR count). The monoisotopic (exact) mass is 297 g/mol. The van der Waals surface area contributed by atoms with Crippen molar-refractivity contribution in [2.24, 2.45) is 0 Å². The van der Waals surface area contributed by atoms with Crippen molar-refractivity contribution >= 4 is 16.5 Å². The zero-order valence-corrected chi connectivity index (χ0v) is 14.7. The van der Waals surface area contributed by atoms with Gasteiger partial charge < -0.3 is 0 Å². The molecule has 0 amide bonds. The van der Waals surface area contributed by atoms with Crippen molar-refractivity contribution in [2.75, 3.05) is 53.4 Å². The molecule has 4 heteroatoms. The summed E-state index contributed by atoms with van der Waals surface area (Å²) >= 11 is -1.12. The first-order chi connectivity index (χ1) is 8.17. The van der Waals surface area contributed by atoms with Crippen LogP contribution in [0, 0.1) is 0 Å². The molecule has 0 aliphatic carbocycles. The van der Waals surface area contributed by atoms with E-state index in [4.69, 9.17) is 0 Å². The van der Waals surface area contributed by atoms with Crippen molar-refractivity contribution in [1.82, 2.24) is 13.4 Å². The van der Waals surface area contributed by atoms with Crippen molar-refractivity contribution in [3.63, 3.8) is 0 Å². The Morgan fingerprint density at radius 1 is 1.06 bits per heavy atom. The zero-order valence-electron chi connectivity index (χ0n) is 12.3. The quantitative estimate of drug-likeness (QED) is 0.690. The first-order valence-corrected chi connectivity index (χ1v) is 11.8. The third-order valence-electron chi connectivity index (χ3n) is 4.21. The van der Waals surface area contributed by atoms with Crippen LogP contribution >= 0.6 is 0 Å². The van der Waals surface area contributed by atoms with E-state index in [-0.39, 0.29) is 0 Å². The molecule has 1 aliphatic rings. The van der Waals surface area contributed by atoms with Crippen LogP contribution in [-0.2, 0) is 0 Å². The van der Waals surface area contributed by atoms with Gasteiger partial charge in [-0.3, -0.25) is 0 Å². The van der Waals surface area contributed by atoms with E-state index in [1.807, 2.05) is 0 Å². The summed E-state index contributed by atoms with van der Waals surface area (Å²) in [5, 5.41) is 0. The number of rotatable bonds is 6. The molecular formula is C13H30GaN3. The van der Waals surface area contributed by atoms with Gasteiger partial charge in [-0.25, -0.2) is 0 Å². The molecule has 100 valence electrons. The van der Waals surface area contributed by atoms with E-state index in [1.165, 1.54) is 50.7 Å². The third-order valence-corrected chi connectivity index (χ3v) is 11.6. The van der Waals surface area contributed by atoms with E-state index in [0.717, 1.165) is 0 Å². The van der Waals surface area contributed by atoms with Gasteiger partial charge in [-0.15, -0.1) is 0 Å². The molecule has 0 aromatic carbocycles. The summed E-state index contributed by atoms with van der Waals surface area (Å²) in [6.07, 6.45) is 1.43. The number of hydrogen-bond acceptors (Lipinski definition) is 3. The van der Waals surface area contributed by atoms with Crippen LogP contribution in [0.1, 0.15) is 20.3 Å². The average molecular weight is 298 g/mol. The first-order valence-electron chi connectivity index (χ1n) is 7.28. The summed E-state index contributed by atoms with van der Waals surface area (Å²) < 4.78 is 2.75. The van der Waals surface area contributed by atoms with Gasteiger partial charge in [0.1, 0.15) is 0 Å². The van der Waals surface area contributed by atoms with Gasteiger partial charge in [0.15, 0.2) is 0 Å². The molecule has 0 N–H and O–H groups in total. The predicted octanol–water partition coefficient (Wildman–Crippen LogP) is 1.59. The number of hydrogen-bond donors (Lipinski definition) is 0. The summed E-state index contributed by atoms with van der Waals surface area (Å²) in [5.74, 6) is 0. The van der Waals surface area contributed by atoms with Crippen LogP contribution in [0.15, 0.2) is 0 Å². The van der Waals surface area contributed by atoms with E-state index < -0.39 is 16.5 Å². The molecule has 1 aliphatic heterocycles. The Morgan fingerprint density at radius 3 is 2.41 bits per heavy atom. The maximum absolute atomic E-state index is 2.75. The van der Waals surface area contributed by atoms with Crippen LogP contribution in [-0.4, -0.2) is 83.2 Å².